The van der Waals surface area contributed by atoms with E-state index in [0.29, 0.717) is 6.04 Å². The van der Waals surface area contributed by atoms with Crippen molar-refractivity contribution in [1.82, 2.24) is 15.1 Å². The van der Waals surface area contributed by atoms with Gasteiger partial charge in [-0.15, -0.1) is 0 Å². The van der Waals surface area contributed by atoms with E-state index in [4.69, 9.17) is 0 Å². The van der Waals surface area contributed by atoms with Crippen molar-refractivity contribution in [3.8, 4) is 0 Å². The quantitative estimate of drug-likeness (QED) is 0.859. The van der Waals surface area contributed by atoms with E-state index >= 15 is 0 Å². The Bertz CT molecular complexity index is 369. The molecule has 2 unspecified atom stereocenters. The highest BCUT2D eigenvalue weighted by atomic mass is 32.2. The maximum absolute atomic E-state index is 4.55. The molecule has 3 nitrogen and oxygen atoms in total. The molecule has 0 bridgehead atoms. The SMILES string of the molecule is CCNC(Cc1cc(C)nn1CC)C1CCSC1. The van der Waals surface area contributed by atoms with Gasteiger partial charge in [-0.2, -0.15) is 16.9 Å². The van der Waals surface area contributed by atoms with Gasteiger partial charge in [0.05, 0.1) is 5.69 Å². The van der Waals surface area contributed by atoms with Gasteiger partial charge >= 0.3 is 0 Å². The third kappa shape index (κ3) is 3.29. The van der Waals surface area contributed by atoms with Crippen LogP contribution >= 0.6 is 11.8 Å². The molecule has 1 aromatic heterocycles. The second-order valence-electron chi connectivity index (χ2n) is 5.08. The van der Waals surface area contributed by atoms with Crippen LogP contribution in [0.2, 0.25) is 0 Å². The predicted molar refractivity (Wildman–Crippen MR) is 79.2 cm³/mol. The van der Waals surface area contributed by atoms with Gasteiger partial charge in [-0.1, -0.05) is 6.92 Å². The van der Waals surface area contributed by atoms with E-state index < -0.39 is 0 Å². The molecule has 0 amide bonds. The minimum atomic E-state index is 0.617. The highest BCUT2D eigenvalue weighted by Gasteiger charge is 2.25. The van der Waals surface area contributed by atoms with E-state index in [1.54, 1.807) is 0 Å². The molecular weight excluding hydrogens is 242 g/mol. The van der Waals surface area contributed by atoms with Crippen LogP contribution in [-0.2, 0) is 13.0 Å². The zero-order valence-electron chi connectivity index (χ0n) is 11.8. The fourth-order valence-electron chi connectivity index (χ4n) is 2.80. The van der Waals surface area contributed by atoms with Gasteiger partial charge in [0.15, 0.2) is 0 Å². The Kier molecular flexibility index (Phi) is 5.13. The number of aromatic nitrogens is 2. The van der Waals surface area contributed by atoms with Gasteiger partial charge < -0.3 is 5.32 Å². The maximum Gasteiger partial charge on any atom is 0.0596 e. The highest BCUT2D eigenvalue weighted by molar-refractivity contribution is 7.99. The fraction of sp³-hybridized carbons (Fsp3) is 0.786. The zero-order valence-corrected chi connectivity index (χ0v) is 12.6. The van der Waals surface area contributed by atoms with Crippen LogP contribution in [0.15, 0.2) is 6.07 Å². The van der Waals surface area contributed by atoms with E-state index in [0.717, 1.165) is 31.1 Å². The molecule has 1 N–H and O–H groups in total. The smallest absolute Gasteiger partial charge is 0.0596 e. The van der Waals surface area contributed by atoms with Gasteiger partial charge in [0, 0.05) is 24.7 Å². The molecule has 0 spiro atoms. The number of hydrogen-bond donors (Lipinski definition) is 1. The third-order valence-electron chi connectivity index (χ3n) is 3.71. The maximum atomic E-state index is 4.55. The number of likely N-dealkylation sites (N-methyl/N-ethyl adjacent to an activating group) is 1. The van der Waals surface area contributed by atoms with E-state index in [1.165, 1.54) is 23.6 Å². The Labute approximate surface area is 115 Å². The number of thioether (sulfide) groups is 1. The lowest BCUT2D eigenvalue weighted by molar-refractivity contribution is 0.378. The van der Waals surface area contributed by atoms with Crippen LogP contribution in [0.5, 0.6) is 0 Å². The Morgan fingerprint density at radius 3 is 3.00 bits per heavy atom. The van der Waals surface area contributed by atoms with Gasteiger partial charge in [-0.3, -0.25) is 4.68 Å². The number of rotatable bonds is 6. The summed E-state index contributed by atoms with van der Waals surface area (Å²) in [6.07, 6.45) is 2.48. The van der Waals surface area contributed by atoms with Crippen molar-refractivity contribution < 1.29 is 0 Å². The van der Waals surface area contributed by atoms with Crippen molar-refractivity contribution in [2.75, 3.05) is 18.1 Å². The van der Waals surface area contributed by atoms with Crippen molar-refractivity contribution in [3.05, 3.63) is 17.5 Å². The summed E-state index contributed by atoms with van der Waals surface area (Å²) < 4.78 is 2.15. The van der Waals surface area contributed by atoms with Gasteiger partial charge in [0.2, 0.25) is 0 Å². The number of nitrogens with one attached hydrogen (secondary N) is 1. The monoisotopic (exact) mass is 267 g/mol. The Balaban J connectivity index is 2.06. The molecule has 18 heavy (non-hydrogen) atoms. The molecule has 4 heteroatoms. The summed E-state index contributed by atoms with van der Waals surface area (Å²) in [5.41, 5.74) is 2.53. The van der Waals surface area contributed by atoms with Crippen LogP contribution in [-0.4, -0.2) is 33.9 Å². The van der Waals surface area contributed by atoms with Crippen LogP contribution in [0.1, 0.15) is 31.7 Å². The first-order valence-corrected chi connectivity index (χ1v) is 8.24. The van der Waals surface area contributed by atoms with Crippen molar-refractivity contribution >= 4 is 11.8 Å². The van der Waals surface area contributed by atoms with Gasteiger partial charge in [-0.05, 0) is 50.3 Å². The van der Waals surface area contributed by atoms with Gasteiger partial charge in [0.25, 0.3) is 0 Å². The summed E-state index contributed by atoms with van der Waals surface area (Å²) in [4.78, 5) is 0. The molecule has 1 aromatic rings. The molecule has 1 fully saturated rings. The highest BCUT2D eigenvalue weighted by Crippen LogP contribution is 2.28. The van der Waals surface area contributed by atoms with E-state index in [9.17, 15) is 0 Å². The standard InChI is InChI=1S/C14H25N3S/c1-4-15-14(12-6-7-18-10-12)9-13-8-11(3)16-17(13)5-2/h8,12,14-15H,4-7,9-10H2,1-3H3. The van der Waals surface area contributed by atoms with Crippen molar-refractivity contribution in [3.63, 3.8) is 0 Å². The zero-order chi connectivity index (χ0) is 13.0. The number of aryl methyl sites for hydroxylation is 2. The molecule has 2 atom stereocenters. The second-order valence-corrected chi connectivity index (χ2v) is 6.23. The minimum Gasteiger partial charge on any atom is -0.314 e. The Hall–Kier alpha value is -0.480. The lowest BCUT2D eigenvalue weighted by Gasteiger charge is -2.24. The predicted octanol–water partition coefficient (Wildman–Crippen LogP) is 2.49. The van der Waals surface area contributed by atoms with Crippen molar-refractivity contribution in [1.29, 1.82) is 0 Å². The van der Waals surface area contributed by atoms with Crippen molar-refractivity contribution in [2.45, 2.75) is 46.2 Å². The number of nitrogens with zero attached hydrogens (tertiary/aromatic N) is 2. The minimum absolute atomic E-state index is 0.617. The van der Waals surface area contributed by atoms with E-state index in [2.05, 4.69) is 53.7 Å². The number of hydrogen-bond acceptors (Lipinski definition) is 3. The summed E-state index contributed by atoms with van der Waals surface area (Å²) in [6, 6.07) is 2.86. The van der Waals surface area contributed by atoms with Gasteiger partial charge in [0.1, 0.15) is 0 Å². The molecule has 1 saturated heterocycles. The molecule has 102 valence electrons. The molecule has 0 aromatic carbocycles. The third-order valence-corrected chi connectivity index (χ3v) is 4.90. The molecule has 2 rings (SSSR count). The average molecular weight is 267 g/mol. The van der Waals surface area contributed by atoms with Crippen LogP contribution in [0.25, 0.3) is 0 Å². The van der Waals surface area contributed by atoms with Crippen LogP contribution < -0.4 is 5.32 Å². The van der Waals surface area contributed by atoms with Crippen LogP contribution in [0.3, 0.4) is 0 Å². The first kappa shape index (κ1) is 13.9. The van der Waals surface area contributed by atoms with E-state index in [-0.39, 0.29) is 0 Å². The van der Waals surface area contributed by atoms with E-state index in [1.807, 2.05) is 0 Å². The Morgan fingerprint density at radius 2 is 2.39 bits per heavy atom. The Morgan fingerprint density at radius 1 is 1.56 bits per heavy atom. The molecule has 2 heterocycles. The lowest BCUT2D eigenvalue weighted by Crippen LogP contribution is -2.38. The average Bonchev–Trinajstić information content (AvgIpc) is 2.97. The van der Waals surface area contributed by atoms with Gasteiger partial charge in [-0.25, -0.2) is 0 Å². The normalized spacial score (nSPS) is 21.4. The van der Waals surface area contributed by atoms with Crippen LogP contribution in [0.4, 0.5) is 0 Å². The summed E-state index contributed by atoms with van der Waals surface area (Å²) in [6.45, 7) is 8.50. The second kappa shape index (κ2) is 6.62. The first-order chi connectivity index (χ1) is 8.74. The largest absolute Gasteiger partial charge is 0.314 e. The van der Waals surface area contributed by atoms with Crippen LogP contribution in [0, 0.1) is 12.8 Å². The first-order valence-electron chi connectivity index (χ1n) is 7.09. The fourth-order valence-corrected chi connectivity index (χ4v) is 4.14. The topological polar surface area (TPSA) is 29.9 Å². The molecule has 0 aliphatic carbocycles. The molecule has 0 radical (unpaired) electrons. The van der Waals surface area contributed by atoms with Crippen molar-refractivity contribution in [2.24, 2.45) is 5.92 Å². The summed E-state index contributed by atoms with van der Waals surface area (Å²) in [7, 11) is 0. The lowest BCUT2D eigenvalue weighted by atomic mass is 9.95. The molecular formula is C14H25N3S. The molecule has 1 aliphatic heterocycles. The summed E-state index contributed by atoms with van der Waals surface area (Å²) >= 11 is 2.10. The molecule has 1 aliphatic rings. The summed E-state index contributed by atoms with van der Waals surface area (Å²) in [5.74, 6) is 3.48. The molecule has 0 saturated carbocycles. The summed E-state index contributed by atoms with van der Waals surface area (Å²) in [5, 5.41) is 8.23.